The van der Waals surface area contributed by atoms with Crippen LogP contribution in [0, 0.1) is 0 Å². The molecular weight excluding hydrogens is 444 g/mol. The van der Waals surface area contributed by atoms with E-state index in [0.29, 0.717) is 36.0 Å². The summed E-state index contributed by atoms with van der Waals surface area (Å²) in [6, 6.07) is 16.9. The summed E-state index contributed by atoms with van der Waals surface area (Å²) in [5, 5.41) is 12.5. The number of sulfonamides is 1. The number of rotatable bonds is 6. The lowest BCUT2D eigenvalue weighted by Gasteiger charge is -2.15. The Balaban J connectivity index is 1.43. The van der Waals surface area contributed by atoms with E-state index in [9.17, 15) is 18.3 Å². The van der Waals surface area contributed by atoms with Crippen molar-refractivity contribution < 1.29 is 27.8 Å². The Morgan fingerprint density at radius 1 is 0.970 bits per heavy atom. The summed E-state index contributed by atoms with van der Waals surface area (Å²) in [4.78, 5) is 12.6. The van der Waals surface area contributed by atoms with Gasteiger partial charge in [0.15, 0.2) is 11.5 Å². The summed E-state index contributed by atoms with van der Waals surface area (Å²) in [6.45, 7) is 2.78. The van der Waals surface area contributed by atoms with Gasteiger partial charge in [-0.2, -0.15) is 0 Å². The van der Waals surface area contributed by atoms with E-state index in [-0.39, 0.29) is 22.6 Å². The number of benzene rings is 3. The molecule has 0 saturated heterocycles. The van der Waals surface area contributed by atoms with Crippen molar-refractivity contribution in [1.29, 1.82) is 0 Å². The maximum atomic E-state index is 12.8. The van der Waals surface area contributed by atoms with Crippen molar-refractivity contribution in [2.24, 2.45) is 0 Å². The molecule has 3 aromatic rings. The Kier molecular flexibility index (Phi) is 6.41. The largest absolute Gasteiger partial charge is 0.508 e. The van der Waals surface area contributed by atoms with Crippen LogP contribution in [0.1, 0.15) is 35.3 Å². The van der Waals surface area contributed by atoms with E-state index >= 15 is 0 Å². The highest BCUT2D eigenvalue weighted by Crippen LogP contribution is 2.32. The minimum Gasteiger partial charge on any atom is -0.508 e. The number of hydrogen-bond acceptors (Lipinski definition) is 6. The van der Waals surface area contributed by atoms with E-state index in [1.165, 1.54) is 36.4 Å². The van der Waals surface area contributed by atoms with Gasteiger partial charge in [0.1, 0.15) is 5.75 Å². The maximum absolute atomic E-state index is 12.8. The van der Waals surface area contributed by atoms with Crippen LogP contribution in [0.25, 0.3) is 0 Å². The average Bonchev–Trinajstić information content (AvgIpc) is 3.04. The second-order valence-electron chi connectivity index (χ2n) is 7.63. The summed E-state index contributed by atoms with van der Waals surface area (Å²) in [6.07, 6.45) is 0.724. The molecule has 0 bridgehead atoms. The first-order chi connectivity index (χ1) is 15.8. The standard InChI is InChI=1S/C24H24N2O6S/c1-16(18-4-2-5-20(27)14-18)25-24(28)17-6-8-19(9-7-17)26-33(29,30)21-10-11-22-23(15-21)32-13-3-12-31-22/h2,4-11,14-16,26-27H,3,12-13H2,1H3,(H,25,28). The lowest BCUT2D eigenvalue weighted by molar-refractivity contribution is 0.0940. The topological polar surface area (TPSA) is 114 Å². The van der Waals surface area contributed by atoms with Crippen LogP contribution in [0.2, 0.25) is 0 Å². The van der Waals surface area contributed by atoms with E-state index in [4.69, 9.17) is 9.47 Å². The fourth-order valence-corrected chi connectivity index (χ4v) is 4.45. The van der Waals surface area contributed by atoms with E-state index in [0.717, 1.165) is 12.0 Å². The molecule has 8 nitrogen and oxygen atoms in total. The van der Waals surface area contributed by atoms with Crippen molar-refractivity contribution in [2.45, 2.75) is 24.3 Å². The maximum Gasteiger partial charge on any atom is 0.262 e. The highest BCUT2D eigenvalue weighted by Gasteiger charge is 2.19. The minimum absolute atomic E-state index is 0.0495. The van der Waals surface area contributed by atoms with Crippen LogP contribution >= 0.6 is 0 Å². The predicted octanol–water partition coefficient (Wildman–Crippen LogP) is 3.85. The molecule has 4 rings (SSSR count). The van der Waals surface area contributed by atoms with E-state index in [1.807, 2.05) is 13.0 Å². The Bertz CT molecular complexity index is 1260. The second-order valence-corrected chi connectivity index (χ2v) is 9.31. The number of nitrogens with one attached hydrogen (secondary N) is 2. The number of fused-ring (bicyclic) bond motifs is 1. The second kappa shape index (κ2) is 9.41. The molecule has 33 heavy (non-hydrogen) atoms. The molecule has 9 heteroatoms. The van der Waals surface area contributed by atoms with Crippen LogP contribution in [-0.2, 0) is 10.0 Å². The first-order valence-electron chi connectivity index (χ1n) is 10.4. The van der Waals surface area contributed by atoms with Crippen LogP contribution in [0.15, 0.2) is 71.6 Å². The number of carbonyl (C=O) groups excluding carboxylic acids is 1. The molecule has 0 spiro atoms. The van der Waals surface area contributed by atoms with Gasteiger partial charge < -0.3 is 19.9 Å². The van der Waals surface area contributed by atoms with Gasteiger partial charge in [-0.3, -0.25) is 9.52 Å². The molecule has 0 aliphatic carbocycles. The van der Waals surface area contributed by atoms with E-state index in [1.54, 1.807) is 24.3 Å². The third-order valence-electron chi connectivity index (χ3n) is 5.15. The molecule has 1 amide bonds. The number of phenolic OH excluding ortho intramolecular Hbond substituents is 1. The molecule has 0 fully saturated rings. The van der Waals surface area contributed by atoms with Crippen molar-refractivity contribution in [2.75, 3.05) is 17.9 Å². The third-order valence-corrected chi connectivity index (χ3v) is 6.53. The van der Waals surface area contributed by atoms with Crippen LogP contribution in [0.5, 0.6) is 17.2 Å². The molecule has 0 saturated carbocycles. The summed E-state index contributed by atoms with van der Waals surface area (Å²) >= 11 is 0. The van der Waals surface area contributed by atoms with Crippen LogP contribution in [0.4, 0.5) is 5.69 Å². The van der Waals surface area contributed by atoms with Gasteiger partial charge >= 0.3 is 0 Å². The third kappa shape index (κ3) is 5.38. The molecule has 1 atom stereocenters. The number of amides is 1. The van der Waals surface area contributed by atoms with Crippen molar-refractivity contribution in [3.05, 3.63) is 77.9 Å². The summed E-state index contributed by atoms with van der Waals surface area (Å²) in [5.41, 5.74) is 1.46. The van der Waals surface area contributed by atoms with E-state index in [2.05, 4.69) is 10.0 Å². The molecule has 0 aromatic heterocycles. The van der Waals surface area contributed by atoms with Crippen LogP contribution in [0.3, 0.4) is 0 Å². The van der Waals surface area contributed by atoms with Gasteiger partial charge in [0.2, 0.25) is 0 Å². The predicted molar refractivity (Wildman–Crippen MR) is 123 cm³/mol. The quantitative estimate of drug-likeness (QED) is 0.506. The van der Waals surface area contributed by atoms with Gasteiger partial charge in [-0.1, -0.05) is 12.1 Å². The molecule has 3 aromatic carbocycles. The van der Waals surface area contributed by atoms with E-state index < -0.39 is 10.0 Å². The zero-order valence-corrected chi connectivity index (χ0v) is 18.8. The molecule has 3 N–H and O–H groups in total. The Morgan fingerprint density at radius 3 is 2.42 bits per heavy atom. The van der Waals surface area contributed by atoms with Crippen LogP contribution < -0.4 is 19.5 Å². The Hall–Kier alpha value is -3.72. The molecule has 1 aliphatic heterocycles. The smallest absolute Gasteiger partial charge is 0.262 e. The lowest BCUT2D eigenvalue weighted by atomic mass is 10.1. The summed E-state index contributed by atoms with van der Waals surface area (Å²) < 4.78 is 39.3. The minimum atomic E-state index is -3.86. The first kappa shape index (κ1) is 22.5. The SMILES string of the molecule is CC(NC(=O)c1ccc(NS(=O)(=O)c2ccc3c(c2)OCCCO3)cc1)c1cccc(O)c1. The number of anilines is 1. The molecule has 1 aliphatic rings. The van der Waals surface area contributed by atoms with Crippen molar-refractivity contribution in [3.8, 4) is 17.2 Å². The van der Waals surface area contributed by atoms with Gasteiger partial charge in [0, 0.05) is 23.7 Å². The van der Waals surface area contributed by atoms with Crippen molar-refractivity contribution in [3.63, 3.8) is 0 Å². The normalized spacial score (nSPS) is 14.1. The van der Waals surface area contributed by atoms with Gasteiger partial charge in [0.25, 0.3) is 15.9 Å². The summed E-state index contributed by atoms with van der Waals surface area (Å²) in [5.74, 6) is 0.715. The lowest BCUT2D eigenvalue weighted by Crippen LogP contribution is -2.26. The molecule has 0 radical (unpaired) electrons. The fourth-order valence-electron chi connectivity index (χ4n) is 3.37. The Morgan fingerprint density at radius 2 is 1.70 bits per heavy atom. The zero-order valence-electron chi connectivity index (χ0n) is 17.9. The van der Waals surface area contributed by atoms with Gasteiger partial charge in [-0.15, -0.1) is 0 Å². The number of carbonyl (C=O) groups is 1. The number of aromatic hydroxyl groups is 1. The van der Waals surface area contributed by atoms with Gasteiger partial charge in [0.05, 0.1) is 24.2 Å². The monoisotopic (exact) mass is 468 g/mol. The number of ether oxygens (including phenoxy) is 2. The number of phenols is 1. The summed E-state index contributed by atoms with van der Waals surface area (Å²) in [7, 11) is -3.86. The first-order valence-corrected chi connectivity index (χ1v) is 11.9. The average molecular weight is 469 g/mol. The van der Waals surface area contributed by atoms with Crippen molar-refractivity contribution in [1.82, 2.24) is 5.32 Å². The molecule has 172 valence electrons. The molecule has 1 heterocycles. The van der Waals surface area contributed by atoms with Gasteiger partial charge in [-0.05, 0) is 61.0 Å². The van der Waals surface area contributed by atoms with Crippen molar-refractivity contribution >= 4 is 21.6 Å². The highest BCUT2D eigenvalue weighted by molar-refractivity contribution is 7.92. The van der Waals surface area contributed by atoms with Gasteiger partial charge in [-0.25, -0.2) is 8.42 Å². The highest BCUT2D eigenvalue weighted by atomic mass is 32.2. The molecular formula is C24H24N2O6S. The zero-order chi connectivity index (χ0) is 23.4. The Labute approximate surface area is 192 Å². The van der Waals surface area contributed by atoms with Crippen LogP contribution in [-0.4, -0.2) is 32.6 Å². The fraction of sp³-hybridized carbons (Fsp3) is 0.208. The number of hydrogen-bond donors (Lipinski definition) is 3. The molecule has 1 unspecified atom stereocenters.